The minimum Gasteiger partial charge on any atom is -0.330 e. The van der Waals surface area contributed by atoms with Crippen molar-refractivity contribution < 1.29 is 9.69 Å². The van der Waals surface area contributed by atoms with Crippen molar-refractivity contribution in [2.75, 3.05) is 36.4 Å². The van der Waals surface area contributed by atoms with Crippen LogP contribution >= 0.6 is 23.2 Å². The van der Waals surface area contributed by atoms with E-state index in [1.165, 1.54) is 4.90 Å². The summed E-state index contributed by atoms with van der Waals surface area (Å²) in [4.78, 5) is 24.5. The monoisotopic (exact) mass is 380 g/mol. The first-order valence-electron chi connectivity index (χ1n) is 8.17. The van der Waals surface area contributed by atoms with Crippen LogP contribution in [0, 0.1) is 0 Å². The molecule has 1 aromatic carbocycles. The molecule has 1 fully saturated rings. The molecule has 1 saturated heterocycles. The molecule has 0 bridgehead atoms. The molecule has 3 rings (SSSR count). The van der Waals surface area contributed by atoms with E-state index in [9.17, 15) is 4.79 Å². The molecular formula is C17H20Cl2N5O+. The fourth-order valence-electron chi connectivity index (χ4n) is 2.92. The van der Waals surface area contributed by atoms with Gasteiger partial charge in [-0.05, 0) is 25.1 Å². The van der Waals surface area contributed by atoms with Gasteiger partial charge >= 0.3 is 0 Å². The standard InChI is InChI=1S/C17H19Cl2N5O/c1-12(16(25)22-15-13(18)4-2-5-14(15)19)23-8-10-24(11-9-23)17-20-6-3-7-21-17/h2-7,12H,8-11H2,1H3,(H,22,25)/p+1/t12-/m1/s1. The van der Waals surface area contributed by atoms with Gasteiger partial charge in [0.05, 0.1) is 41.9 Å². The Labute approximate surface area is 156 Å². The Morgan fingerprint density at radius 1 is 1.16 bits per heavy atom. The third kappa shape index (κ3) is 4.21. The summed E-state index contributed by atoms with van der Waals surface area (Å²) >= 11 is 12.2. The van der Waals surface area contributed by atoms with Crippen LogP contribution < -0.4 is 15.1 Å². The summed E-state index contributed by atoms with van der Waals surface area (Å²) in [6, 6.07) is 6.77. The van der Waals surface area contributed by atoms with E-state index in [2.05, 4.69) is 20.2 Å². The highest BCUT2D eigenvalue weighted by Gasteiger charge is 2.30. The smallest absolute Gasteiger partial charge is 0.282 e. The number of rotatable bonds is 4. The zero-order chi connectivity index (χ0) is 17.8. The second kappa shape index (κ2) is 7.99. The van der Waals surface area contributed by atoms with Gasteiger partial charge in [-0.1, -0.05) is 29.3 Å². The molecule has 1 amide bonds. The molecule has 132 valence electrons. The number of aromatic nitrogens is 2. The van der Waals surface area contributed by atoms with Crippen LogP contribution in [0.4, 0.5) is 11.6 Å². The maximum atomic E-state index is 12.6. The van der Waals surface area contributed by atoms with Gasteiger partial charge in [-0.25, -0.2) is 9.97 Å². The van der Waals surface area contributed by atoms with E-state index in [0.29, 0.717) is 15.7 Å². The summed E-state index contributed by atoms with van der Waals surface area (Å²) in [6.45, 7) is 5.21. The van der Waals surface area contributed by atoms with Crippen molar-refractivity contribution in [1.82, 2.24) is 9.97 Å². The van der Waals surface area contributed by atoms with Crippen LogP contribution in [0.2, 0.25) is 10.0 Å². The number of benzene rings is 1. The first kappa shape index (κ1) is 17.9. The van der Waals surface area contributed by atoms with Crippen molar-refractivity contribution >= 4 is 40.7 Å². The summed E-state index contributed by atoms with van der Waals surface area (Å²) in [5.41, 5.74) is 0.471. The summed E-state index contributed by atoms with van der Waals surface area (Å²) in [5, 5.41) is 3.73. The Morgan fingerprint density at radius 3 is 2.36 bits per heavy atom. The molecule has 1 aromatic heterocycles. The zero-order valence-corrected chi connectivity index (χ0v) is 15.4. The van der Waals surface area contributed by atoms with Crippen molar-refractivity contribution in [2.24, 2.45) is 0 Å². The second-order valence-corrected chi connectivity index (χ2v) is 6.82. The fraction of sp³-hybridized carbons (Fsp3) is 0.353. The summed E-state index contributed by atoms with van der Waals surface area (Å²) in [5.74, 6) is 0.649. The molecule has 1 aliphatic rings. The molecule has 0 radical (unpaired) electrons. The Bertz CT molecular complexity index is 715. The lowest BCUT2D eigenvalue weighted by Gasteiger charge is -2.34. The Hall–Kier alpha value is -1.89. The highest BCUT2D eigenvalue weighted by Crippen LogP contribution is 2.29. The van der Waals surface area contributed by atoms with Crippen LogP contribution in [-0.4, -0.2) is 48.1 Å². The van der Waals surface area contributed by atoms with Crippen LogP contribution in [0.1, 0.15) is 6.92 Å². The lowest BCUT2D eigenvalue weighted by molar-refractivity contribution is -0.914. The molecule has 8 heteroatoms. The van der Waals surface area contributed by atoms with Gasteiger partial charge in [0, 0.05) is 12.4 Å². The van der Waals surface area contributed by atoms with Crippen LogP contribution in [0.15, 0.2) is 36.7 Å². The number of nitrogens with one attached hydrogen (secondary N) is 2. The summed E-state index contributed by atoms with van der Waals surface area (Å²) < 4.78 is 0. The van der Waals surface area contributed by atoms with E-state index in [1.54, 1.807) is 36.7 Å². The van der Waals surface area contributed by atoms with Gasteiger partial charge in [-0.15, -0.1) is 0 Å². The first-order valence-corrected chi connectivity index (χ1v) is 8.93. The fourth-order valence-corrected chi connectivity index (χ4v) is 3.41. The van der Waals surface area contributed by atoms with Crippen molar-refractivity contribution in [1.29, 1.82) is 0 Å². The van der Waals surface area contributed by atoms with Gasteiger partial charge in [0.2, 0.25) is 5.95 Å². The van der Waals surface area contributed by atoms with Crippen LogP contribution in [-0.2, 0) is 4.79 Å². The second-order valence-electron chi connectivity index (χ2n) is 6.00. The Kier molecular flexibility index (Phi) is 5.73. The quantitative estimate of drug-likeness (QED) is 0.843. The van der Waals surface area contributed by atoms with E-state index in [4.69, 9.17) is 23.2 Å². The lowest BCUT2D eigenvalue weighted by atomic mass is 10.2. The predicted molar refractivity (Wildman–Crippen MR) is 99.5 cm³/mol. The molecule has 0 spiro atoms. The molecule has 0 aliphatic carbocycles. The number of hydrogen-bond donors (Lipinski definition) is 2. The van der Waals surface area contributed by atoms with Crippen LogP contribution in [0.5, 0.6) is 0 Å². The third-order valence-corrected chi connectivity index (χ3v) is 5.09. The van der Waals surface area contributed by atoms with E-state index in [-0.39, 0.29) is 11.9 Å². The zero-order valence-electron chi connectivity index (χ0n) is 13.9. The topological polar surface area (TPSA) is 62.6 Å². The predicted octanol–water partition coefficient (Wildman–Crippen LogP) is 1.52. The maximum Gasteiger partial charge on any atom is 0.282 e. The third-order valence-electron chi connectivity index (χ3n) is 4.46. The highest BCUT2D eigenvalue weighted by atomic mass is 35.5. The maximum absolute atomic E-state index is 12.6. The average molecular weight is 381 g/mol. The molecule has 25 heavy (non-hydrogen) atoms. The normalized spacial score (nSPS) is 16.5. The number of carbonyl (C=O) groups is 1. The Morgan fingerprint density at radius 2 is 1.76 bits per heavy atom. The number of piperazine rings is 1. The number of anilines is 2. The van der Waals surface area contributed by atoms with Gasteiger partial charge in [0.1, 0.15) is 0 Å². The largest absolute Gasteiger partial charge is 0.330 e. The van der Waals surface area contributed by atoms with Crippen molar-refractivity contribution in [3.63, 3.8) is 0 Å². The Balaban J connectivity index is 1.59. The first-order chi connectivity index (χ1) is 12.1. The number of amides is 1. The van der Waals surface area contributed by atoms with Crippen molar-refractivity contribution in [3.05, 3.63) is 46.7 Å². The average Bonchev–Trinajstić information content (AvgIpc) is 2.65. The number of nitrogens with zero attached hydrogens (tertiary/aromatic N) is 3. The molecule has 2 heterocycles. The molecule has 6 nitrogen and oxygen atoms in total. The van der Waals surface area contributed by atoms with E-state index < -0.39 is 0 Å². The number of halogens is 2. The van der Waals surface area contributed by atoms with Gasteiger partial charge < -0.3 is 15.1 Å². The minimum atomic E-state index is -0.203. The SMILES string of the molecule is C[C@H](C(=O)Nc1c(Cl)cccc1Cl)[NH+]1CCN(c2ncccn2)CC1. The number of quaternary nitrogens is 1. The summed E-state index contributed by atoms with van der Waals surface area (Å²) in [6.07, 6.45) is 3.48. The lowest BCUT2D eigenvalue weighted by Crippen LogP contribution is -3.19. The molecule has 1 aliphatic heterocycles. The van der Waals surface area contributed by atoms with E-state index in [0.717, 1.165) is 32.1 Å². The highest BCUT2D eigenvalue weighted by molar-refractivity contribution is 6.39. The van der Waals surface area contributed by atoms with Gasteiger partial charge in [-0.3, -0.25) is 4.79 Å². The van der Waals surface area contributed by atoms with E-state index in [1.807, 2.05) is 6.92 Å². The number of hydrogen-bond acceptors (Lipinski definition) is 4. The van der Waals surface area contributed by atoms with Gasteiger partial charge in [0.15, 0.2) is 6.04 Å². The molecular weight excluding hydrogens is 361 g/mol. The van der Waals surface area contributed by atoms with Gasteiger partial charge in [-0.2, -0.15) is 0 Å². The molecule has 2 N–H and O–H groups in total. The van der Waals surface area contributed by atoms with Crippen molar-refractivity contribution in [2.45, 2.75) is 13.0 Å². The van der Waals surface area contributed by atoms with Crippen LogP contribution in [0.25, 0.3) is 0 Å². The summed E-state index contributed by atoms with van der Waals surface area (Å²) in [7, 11) is 0. The molecule has 0 saturated carbocycles. The van der Waals surface area contributed by atoms with Crippen molar-refractivity contribution in [3.8, 4) is 0 Å². The van der Waals surface area contributed by atoms with E-state index >= 15 is 0 Å². The molecule has 2 aromatic rings. The molecule has 0 unspecified atom stereocenters. The minimum absolute atomic E-state index is 0.0885. The van der Waals surface area contributed by atoms with Crippen LogP contribution in [0.3, 0.4) is 0 Å². The number of carbonyl (C=O) groups excluding carboxylic acids is 1. The molecule has 1 atom stereocenters. The number of para-hydroxylation sites is 1. The van der Waals surface area contributed by atoms with Gasteiger partial charge in [0.25, 0.3) is 5.91 Å².